The molecule has 0 saturated carbocycles. The van der Waals surface area contributed by atoms with E-state index in [1.807, 2.05) is 0 Å². The van der Waals surface area contributed by atoms with Crippen molar-refractivity contribution in [2.45, 2.75) is 6.10 Å². The van der Waals surface area contributed by atoms with Crippen LogP contribution in [0.3, 0.4) is 0 Å². The third-order valence-electron chi connectivity index (χ3n) is 3.88. The van der Waals surface area contributed by atoms with Crippen LogP contribution in [0.1, 0.15) is 0 Å². The molecule has 0 fully saturated rings. The van der Waals surface area contributed by atoms with Crippen LogP contribution in [0.25, 0.3) is 22.3 Å². The van der Waals surface area contributed by atoms with Crippen molar-refractivity contribution in [1.82, 2.24) is 0 Å². The minimum atomic E-state index is -1.05. The summed E-state index contributed by atoms with van der Waals surface area (Å²) in [5.74, 6) is 0.248. The average molecular weight is 374 g/mol. The lowest BCUT2D eigenvalue weighted by molar-refractivity contribution is 0.0527. The van der Waals surface area contributed by atoms with Gasteiger partial charge in [-0.3, -0.25) is 4.79 Å². The Morgan fingerprint density at radius 2 is 1.89 bits per heavy atom. The van der Waals surface area contributed by atoms with E-state index in [1.54, 1.807) is 18.2 Å². The molecular weight excluding hydrogens is 356 g/mol. The average Bonchev–Trinajstić information content (AvgIpc) is 2.64. The van der Waals surface area contributed by atoms with Gasteiger partial charge in [0.25, 0.3) is 0 Å². The van der Waals surface area contributed by atoms with E-state index in [0.717, 1.165) is 6.07 Å². The number of benzene rings is 2. The fourth-order valence-electron chi connectivity index (χ4n) is 2.58. The number of fused-ring (bicyclic) bond motifs is 1. The maximum atomic E-state index is 12.3. The van der Waals surface area contributed by atoms with E-state index in [1.165, 1.54) is 19.2 Å². The molecule has 0 spiro atoms. The molecule has 0 radical (unpaired) electrons. The van der Waals surface area contributed by atoms with Gasteiger partial charge in [-0.1, -0.05) is 0 Å². The molecule has 0 amide bonds. The Balaban J connectivity index is 2.07. The van der Waals surface area contributed by atoms with Gasteiger partial charge < -0.3 is 34.3 Å². The van der Waals surface area contributed by atoms with Gasteiger partial charge in [0, 0.05) is 23.8 Å². The third kappa shape index (κ3) is 3.81. The smallest absolute Gasteiger partial charge is 0.197 e. The highest BCUT2D eigenvalue weighted by molar-refractivity contribution is 5.86. The van der Waals surface area contributed by atoms with Crippen LogP contribution in [-0.2, 0) is 0 Å². The molecule has 8 heteroatoms. The van der Waals surface area contributed by atoms with E-state index >= 15 is 0 Å². The largest absolute Gasteiger partial charge is 0.508 e. The zero-order valence-corrected chi connectivity index (χ0v) is 14.4. The number of aromatic hydroxyl groups is 2. The van der Waals surface area contributed by atoms with Crippen LogP contribution in [0.4, 0.5) is 0 Å². The SMILES string of the molecule is COc1ccc(-c2cc(=O)c3c(O)cc(O)cc3o2)cc1OCC(O)CO. The van der Waals surface area contributed by atoms with Gasteiger partial charge in [0.1, 0.15) is 40.9 Å². The van der Waals surface area contributed by atoms with Crippen molar-refractivity contribution in [1.29, 1.82) is 0 Å². The zero-order valence-electron chi connectivity index (χ0n) is 14.4. The molecule has 1 aromatic heterocycles. The van der Waals surface area contributed by atoms with Gasteiger partial charge in [-0.05, 0) is 18.2 Å². The van der Waals surface area contributed by atoms with Crippen molar-refractivity contribution in [2.75, 3.05) is 20.3 Å². The van der Waals surface area contributed by atoms with E-state index < -0.39 is 18.1 Å². The first-order valence-electron chi connectivity index (χ1n) is 8.03. The Kier molecular flexibility index (Phi) is 5.20. The monoisotopic (exact) mass is 374 g/mol. The summed E-state index contributed by atoms with van der Waals surface area (Å²) >= 11 is 0. The molecule has 0 aliphatic heterocycles. The van der Waals surface area contributed by atoms with Gasteiger partial charge in [0.2, 0.25) is 0 Å². The topological polar surface area (TPSA) is 130 Å². The van der Waals surface area contributed by atoms with Crippen LogP contribution in [0, 0.1) is 0 Å². The molecule has 27 heavy (non-hydrogen) atoms. The van der Waals surface area contributed by atoms with Gasteiger partial charge in [0.05, 0.1) is 13.7 Å². The van der Waals surface area contributed by atoms with Crippen LogP contribution in [0.15, 0.2) is 45.6 Å². The van der Waals surface area contributed by atoms with Crippen molar-refractivity contribution >= 4 is 11.0 Å². The van der Waals surface area contributed by atoms with Crippen molar-refractivity contribution in [3.63, 3.8) is 0 Å². The van der Waals surface area contributed by atoms with Gasteiger partial charge in [-0.15, -0.1) is 0 Å². The van der Waals surface area contributed by atoms with Crippen LogP contribution < -0.4 is 14.9 Å². The number of phenolic OH excluding ortho intramolecular Hbond substituents is 2. The molecule has 1 atom stereocenters. The lowest BCUT2D eigenvalue weighted by atomic mass is 10.1. The lowest BCUT2D eigenvalue weighted by Crippen LogP contribution is -2.21. The second-order valence-corrected chi connectivity index (χ2v) is 5.83. The Labute approximate surface area is 153 Å². The van der Waals surface area contributed by atoms with Crippen molar-refractivity contribution < 1.29 is 34.3 Å². The molecule has 0 aliphatic rings. The van der Waals surface area contributed by atoms with E-state index in [2.05, 4.69) is 0 Å². The summed E-state index contributed by atoms with van der Waals surface area (Å²) in [5.41, 5.74) is 0.0350. The standard InChI is InChI=1S/C19H18O8/c1-25-15-3-2-10(4-17(15)26-9-12(22)8-20)16-7-14(24)19-13(23)5-11(21)6-18(19)27-16/h2-7,12,20-23H,8-9H2,1H3. The summed E-state index contributed by atoms with van der Waals surface area (Å²) in [7, 11) is 1.45. The number of aliphatic hydroxyl groups excluding tert-OH is 2. The minimum Gasteiger partial charge on any atom is -0.508 e. The number of hydrogen-bond acceptors (Lipinski definition) is 8. The number of phenols is 2. The molecule has 0 saturated heterocycles. The number of hydrogen-bond donors (Lipinski definition) is 4. The normalized spacial score (nSPS) is 12.1. The first kappa shape index (κ1) is 18.6. The second kappa shape index (κ2) is 7.56. The maximum Gasteiger partial charge on any atom is 0.197 e. The number of methoxy groups -OCH3 is 1. The van der Waals surface area contributed by atoms with Gasteiger partial charge in [-0.2, -0.15) is 0 Å². The third-order valence-corrected chi connectivity index (χ3v) is 3.88. The summed E-state index contributed by atoms with van der Waals surface area (Å²) in [6, 6.07) is 8.30. The van der Waals surface area contributed by atoms with Crippen LogP contribution in [-0.4, -0.2) is 46.9 Å². The number of aliphatic hydroxyl groups is 2. The first-order valence-corrected chi connectivity index (χ1v) is 8.03. The molecule has 0 bridgehead atoms. The van der Waals surface area contributed by atoms with E-state index in [0.29, 0.717) is 11.3 Å². The quantitative estimate of drug-likeness (QED) is 0.512. The minimum absolute atomic E-state index is 0.0315. The molecule has 3 aromatic rings. The fourth-order valence-corrected chi connectivity index (χ4v) is 2.58. The number of ether oxygens (including phenoxy) is 2. The Hall–Kier alpha value is -3.23. The van der Waals surface area contributed by atoms with Crippen molar-refractivity contribution in [3.8, 4) is 34.3 Å². The summed E-state index contributed by atoms with van der Waals surface area (Å²) in [6.07, 6.45) is -1.05. The van der Waals surface area contributed by atoms with Gasteiger partial charge in [0.15, 0.2) is 16.9 Å². The molecule has 8 nitrogen and oxygen atoms in total. The summed E-state index contributed by atoms with van der Waals surface area (Å²) < 4.78 is 16.3. The van der Waals surface area contributed by atoms with Gasteiger partial charge in [-0.25, -0.2) is 0 Å². The highest BCUT2D eigenvalue weighted by Gasteiger charge is 2.15. The highest BCUT2D eigenvalue weighted by Crippen LogP contribution is 2.35. The molecule has 1 heterocycles. The molecule has 1 unspecified atom stereocenters. The van der Waals surface area contributed by atoms with Crippen LogP contribution in [0.2, 0.25) is 0 Å². The Bertz CT molecular complexity index is 1020. The summed E-state index contributed by atoms with van der Waals surface area (Å²) in [5, 5.41) is 37.8. The fraction of sp³-hybridized carbons (Fsp3) is 0.211. The Morgan fingerprint density at radius 1 is 1.11 bits per heavy atom. The van der Waals surface area contributed by atoms with Crippen molar-refractivity contribution in [3.05, 3.63) is 46.6 Å². The predicted octanol–water partition coefficient (Wildman–Crippen LogP) is 1.61. The zero-order chi connectivity index (χ0) is 19.6. The van der Waals surface area contributed by atoms with Crippen LogP contribution >= 0.6 is 0 Å². The van der Waals surface area contributed by atoms with E-state index in [9.17, 15) is 20.1 Å². The second-order valence-electron chi connectivity index (χ2n) is 5.83. The molecule has 4 N–H and O–H groups in total. The van der Waals surface area contributed by atoms with Gasteiger partial charge >= 0.3 is 0 Å². The molecular formula is C19H18O8. The maximum absolute atomic E-state index is 12.3. The van der Waals surface area contributed by atoms with E-state index in [4.69, 9.17) is 19.0 Å². The molecule has 3 rings (SSSR count). The van der Waals surface area contributed by atoms with E-state index in [-0.39, 0.29) is 40.6 Å². The molecule has 142 valence electrons. The molecule has 0 aliphatic carbocycles. The lowest BCUT2D eigenvalue weighted by Gasteiger charge is -2.14. The summed E-state index contributed by atoms with van der Waals surface area (Å²) in [6.45, 7) is -0.603. The molecule has 2 aromatic carbocycles. The highest BCUT2D eigenvalue weighted by atomic mass is 16.5. The van der Waals surface area contributed by atoms with Crippen molar-refractivity contribution in [2.24, 2.45) is 0 Å². The summed E-state index contributed by atoms with van der Waals surface area (Å²) in [4.78, 5) is 12.3. The first-order chi connectivity index (χ1) is 12.9. The Morgan fingerprint density at radius 3 is 2.59 bits per heavy atom. The number of rotatable bonds is 6. The predicted molar refractivity (Wildman–Crippen MR) is 96.4 cm³/mol. The van der Waals surface area contributed by atoms with Crippen LogP contribution in [0.5, 0.6) is 23.0 Å².